The van der Waals surface area contributed by atoms with Gasteiger partial charge in [0.15, 0.2) is 0 Å². The molecular weight excluding hydrogens is 307 g/mol. The zero-order valence-electron chi connectivity index (χ0n) is 13.5. The fraction of sp³-hybridized carbons (Fsp3) is 0.263. The van der Waals surface area contributed by atoms with Crippen LogP contribution in [0.15, 0.2) is 48.5 Å². The van der Waals surface area contributed by atoms with Crippen molar-refractivity contribution in [2.45, 2.75) is 25.8 Å². The van der Waals surface area contributed by atoms with Gasteiger partial charge in [0.2, 0.25) is 5.91 Å². The first-order valence-electron chi connectivity index (χ1n) is 7.99. The number of nitrogens with zero attached hydrogens (tertiary/aromatic N) is 1. The number of likely N-dealkylation sites (tertiary alicyclic amines) is 1. The van der Waals surface area contributed by atoms with Gasteiger partial charge in [0, 0.05) is 17.8 Å². The fourth-order valence-corrected chi connectivity index (χ4v) is 3.00. The molecule has 1 N–H and O–H groups in total. The monoisotopic (exact) mass is 326 g/mol. The second-order valence-corrected chi connectivity index (χ2v) is 5.97. The van der Waals surface area contributed by atoms with Gasteiger partial charge in [-0.3, -0.25) is 9.59 Å². The van der Waals surface area contributed by atoms with Gasteiger partial charge in [-0.05, 0) is 49.6 Å². The Kier molecular flexibility index (Phi) is 4.60. The number of aryl methyl sites for hydroxylation is 1. The Morgan fingerprint density at radius 3 is 2.71 bits per heavy atom. The topological polar surface area (TPSA) is 49.4 Å². The fourth-order valence-electron chi connectivity index (χ4n) is 3.00. The predicted octanol–water partition coefficient (Wildman–Crippen LogP) is 3.38. The molecule has 0 spiro atoms. The van der Waals surface area contributed by atoms with E-state index in [-0.39, 0.29) is 17.4 Å². The number of hydrogen-bond acceptors (Lipinski definition) is 2. The minimum Gasteiger partial charge on any atom is -0.327 e. The van der Waals surface area contributed by atoms with Crippen molar-refractivity contribution >= 4 is 17.5 Å². The van der Waals surface area contributed by atoms with Gasteiger partial charge in [0.25, 0.3) is 5.91 Å². The third-order valence-electron chi connectivity index (χ3n) is 4.29. The molecule has 4 nitrogen and oxygen atoms in total. The van der Waals surface area contributed by atoms with Crippen LogP contribution in [0.2, 0.25) is 0 Å². The van der Waals surface area contributed by atoms with E-state index in [0.29, 0.717) is 13.0 Å². The van der Waals surface area contributed by atoms with Gasteiger partial charge in [-0.1, -0.05) is 24.3 Å². The van der Waals surface area contributed by atoms with Crippen molar-refractivity contribution in [1.82, 2.24) is 4.90 Å². The van der Waals surface area contributed by atoms with Crippen molar-refractivity contribution in [2.24, 2.45) is 0 Å². The lowest BCUT2D eigenvalue weighted by molar-refractivity contribution is -0.119. The molecule has 0 unspecified atom stereocenters. The average molecular weight is 326 g/mol. The van der Waals surface area contributed by atoms with Crippen LogP contribution < -0.4 is 5.32 Å². The van der Waals surface area contributed by atoms with E-state index in [0.717, 1.165) is 17.7 Å². The number of rotatable bonds is 3. The highest BCUT2D eigenvalue weighted by Gasteiger charge is 2.34. The van der Waals surface area contributed by atoms with Gasteiger partial charge in [0.1, 0.15) is 11.9 Å². The Bertz CT molecular complexity index is 775. The van der Waals surface area contributed by atoms with Gasteiger partial charge >= 0.3 is 0 Å². The Hall–Kier alpha value is -2.69. The lowest BCUT2D eigenvalue weighted by Gasteiger charge is -2.24. The standard InChI is InChI=1S/C19H19FN2O2/c1-13-6-2-3-9-16(13)21-18(23)17-10-5-11-22(17)19(24)14-7-4-8-15(20)12-14/h2-4,6-9,12,17H,5,10-11H2,1H3,(H,21,23)/t17-/m0/s1. The molecule has 1 atom stereocenters. The van der Waals surface area contributed by atoms with Crippen LogP contribution in [0.3, 0.4) is 0 Å². The summed E-state index contributed by atoms with van der Waals surface area (Å²) in [4.78, 5) is 26.7. The molecule has 124 valence electrons. The minimum absolute atomic E-state index is 0.202. The molecule has 0 aliphatic carbocycles. The molecule has 2 aromatic rings. The SMILES string of the molecule is Cc1ccccc1NC(=O)[C@@H]1CCCN1C(=O)c1cccc(F)c1. The number of halogens is 1. The van der Waals surface area contributed by atoms with Crippen LogP contribution in [0.1, 0.15) is 28.8 Å². The van der Waals surface area contributed by atoms with Crippen molar-refractivity contribution in [3.05, 3.63) is 65.5 Å². The van der Waals surface area contributed by atoms with Crippen LogP contribution in [-0.2, 0) is 4.79 Å². The van der Waals surface area contributed by atoms with Gasteiger partial charge in [-0.2, -0.15) is 0 Å². The highest BCUT2D eigenvalue weighted by atomic mass is 19.1. The molecule has 0 bridgehead atoms. The third kappa shape index (κ3) is 3.30. The van der Waals surface area contributed by atoms with Gasteiger partial charge < -0.3 is 10.2 Å². The number of carbonyl (C=O) groups excluding carboxylic acids is 2. The first kappa shape index (κ1) is 16.2. The Morgan fingerprint density at radius 2 is 1.96 bits per heavy atom. The lowest BCUT2D eigenvalue weighted by Crippen LogP contribution is -2.43. The maximum absolute atomic E-state index is 13.4. The van der Waals surface area contributed by atoms with Crippen LogP contribution >= 0.6 is 0 Å². The first-order valence-corrected chi connectivity index (χ1v) is 7.99. The minimum atomic E-state index is -0.527. The van der Waals surface area contributed by atoms with Crippen molar-refractivity contribution in [1.29, 1.82) is 0 Å². The van der Waals surface area contributed by atoms with Crippen molar-refractivity contribution in [2.75, 3.05) is 11.9 Å². The van der Waals surface area contributed by atoms with Gasteiger partial charge in [0.05, 0.1) is 0 Å². The van der Waals surface area contributed by atoms with E-state index < -0.39 is 11.9 Å². The van der Waals surface area contributed by atoms with E-state index in [1.807, 2.05) is 31.2 Å². The summed E-state index contributed by atoms with van der Waals surface area (Å²) < 4.78 is 13.4. The molecule has 1 saturated heterocycles. The number of carbonyl (C=O) groups is 2. The number of amides is 2. The largest absolute Gasteiger partial charge is 0.327 e. The van der Waals surface area contributed by atoms with Crippen molar-refractivity contribution in [3.8, 4) is 0 Å². The molecule has 0 aromatic heterocycles. The van der Waals surface area contributed by atoms with Crippen molar-refractivity contribution < 1.29 is 14.0 Å². The Balaban J connectivity index is 1.76. The molecule has 5 heteroatoms. The average Bonchev–Trinajstić information content (AvgIpc) is 3.06. The van der Waals surface area contributed by atoms with E-state index in [1.165, 1.54) is 23.1 Å². The molecule has 2 amide bonds. The van der Waals surface area contributed by atoms with Crippen molar-refractivity contribution in [3.63, 3.8) is 0 Å². The summed E-state index contributed by atoms with van der Waals surface area (Å²) >= 11 is 0. The quantitative estimate of drug-likeness (QED) is 0.940. The van der Waals surface area contributed by atoms with Gasteiger partial charge in [-0.25, -0.2) is 4.39 Å². The predicted molar refractivity (Wildman–Crippen MR) is 90.3 cm³/mol. The van der Waals surface area contributed by atoms with Gasteiger partial charge in [-0.15, -0.1) is 0 Å². The number of para-hydroxylation sites is 1. The summed E-state index contributed by atoms with van der Waals surface area (Å²) in [7, 11) is 0. The number of hydrogen-bond donors (Lipinski definition) is 1. The molecule has 24 heavy (non-hydrogen) atoms. The van der Waals surface area contributed by atoms with Crippen LogP contribution in [0, 0.1) is 12.7 Å². The van der Waals surface area contributed by atoms with E-state index in [2.05, 4.69) is 5.32 Å². The third-order valence-corrected chi connectivity index (χ3v) is 4.29. The second kappa shape index (κ2) is 6.83. The molecule has 1 heterocycles. The van der Waals surface area contributed by atoms with Crippen LogP contribution in [0.5, 0.6) is 0 Å². The van der Waals surface area contributed by atoms with E-state index in [9.17, 15) is 14.0 Å². The zero-order chi connectivity index (χ0) is 17.1. The maximum Gasteiger partial charge on any atom is 0.254 e. The first-order chi connectivity index (χ1) is 11.6. The Labute approximate surface area is 140 Å². The molecule has 0 radical (unpaired) electrons. The smallest absolute Gasteiger partial charge is 0.254 e. The lowest BCUT2D eigenvalue weighted by atomic mass is 10.1. The number of nitrogens with one attached hydrogen (secondary N) is 1. The molecule has 2 aromatic carbocycles. The zero-order valence-corrected chi connectivity index (χ0v) is 13.5. The summed E-state index contributed by atoms with van der Waals surface area (Å²) in [6.07, 6.45) is 1.37. The molecule has 1 aliphatic heterocycles. The van der Waals surface area contributed by atoms with E-state index >= 15 is 0 Å². The normalized spacial score (nSPS) is 16.9. The number of anilines is 1. The number of benzene rings is 2. The molecule has 1 aliphatic rings. The second-order valence-electron chi connectivity index (χ2n) is 5.97. The summed E-state index contributed by atoms with van der Waals surface area (Å²) in [5, 5.41) is 2.89. The van der Waals surface area contributed by atoms with E-state index in [1.54, 1.807) is 6.07 Å². The highest BCUT2D eigenvalue weighted by Crippen LogP contribution is 2.23. The summed E-state index contributed by atoms with van der Waals surface area (Å²) in [5.41, 5.74) is 1.98. The Morgan fingerprint density at radius 1 is 1.17 bits per heavy atom. The molecule has 3 rings (SSSR count). The van der Waals surface area contributed by atoms with Crippen LogP contribution in [0.25, 0.3) is 0 Å². The summed E-state index contributed by atoms with van der Waals surface area (Å²) in [6.45, 7) is 2.42. The molecule has 0 saturated carbocycles. The van der Waals surface area contributed by atoms with Crippen LogP contribution in [0.4, 0.5) is 10.1 Å². The molecular formula is C19H19FN2O2. The van der Waals surface area contributed by atoms with E-state index in [4.69, 9.17) is 0 Å². The summed E-state index contributed by atoms with van der Waals surface area (Å²) in [6, 6.07) is 12.6. The van der Waals surface area contributed by atoms with Crippen LogP contribution in [-0.4, -0.2) is 29.3 Å². The maximum atomic E-state index is 13.4. The molecule has 1 fully saturated rings. The highest BCUT2D eigenvalue weighted by molar-refractivity contribution is 6.01. The summed E-state index contributed by atoms with van der Waals surface area (Å²) in [5.74, 6) is -0.968.